The predicted molar refractivity (Wildman–Crippen MR) is 126 cm³/mol. The van der Waals surface area contributed by atoms with Gasteiger partial charge in [0.2, 0.25) is 11.8 Å². The maximum Gasteiger partial charge on any atom is 0.490 e. The van der Waals surface area contributed by atoms with Crippen molar-refractivity contribution < 1.29 is 37.1 Å². The van der Waals surface area contributed by atoms with Crippen LogP contribution in [0.3, 0.4) is 0 Å². The number of carbonyl (C=O) groups excluding carboxylic acids is 2. The van der Waals surface area contributed by atoms with Crippen LogP contribution in [0.5, 0.6) is 0 Å². The average molecular weight is 549 g/mol. The summed E-state index contributed by atoms with van der Waals surface area (Å²) in [6.07, 6.45) is -3.58. The minimum atomic E-state index is -5.08. The zero-order valence-corrected chi connectivity index (χ0v) is 20.6. The molecule has 1 atom stereocenters. The van der Waals surface area contributed by atoms with Crippen LogP contribution >= 0.6 is 11.8 Å². The van der Waals surface area contributed by atoms with E-state index in [4.69, 9.17) is 21.0 Å². The Hall–Kier alpha value is -2.93. The number of piperidine rings is 1. The molecule has 0 spiro atoms. The van der Waals surface area contributed by atoms with Gasteiger partial charge in [0.1, 0.15) is 11.9 Å². The quantitative estimate of drug-likeness (QED) is 0.260. The topological polar surface area (TPSA) is 143 Å². The van der Waals surface area contributed by atoms with E-state index in [1.165, 1.54) is 6.07 Å². The first-order valence-electron chi connectivity index (χ1n) is 11.2. The number of nitrogens with zero attached hydrogens (tertiary/aromatic N) is 4. The molecule has 2 heterocycles. The van der Waals surface area contributed by atoms with Crippen LogP contribution in [0.2, 0.25) is 0 Å². The lowest BCUT2D eigenvalue weighted by Crippen LogP contribution is -2.53. The zero-order valence-electron chi connectivity index (χ0n) is 19.8. The molecule has 2 aliphatic rings. The van der Waals surface area contributed by atoms with Gasteiger partial charge in [-0.25, -0.2) is 14.2 Å². The normalized spacial score (nSPS) is 18.6. The van der Waals surface area contributed by atoms with E-state index < -0.39 is 12.1 Å². The van der Waals surface area contributed by atoms with E-state index in [0.29, 0.717) is 30.3 Å². The average Bonchev–Trinajstić information content (AvgIpc) is 3.33. The summed E-state index contributed by atoms with van der Waals surface area (Å²) in [5.74, 6) is 3.96. The summed E-state index contributed by atoms with van der Waals surface area (Å²) >= 11 is 1.57. The van der Waals surface area contributed by atoms with E-state index in [1.807, 2.05) is 4.90 Å². The van der Waals surface area contributed by atoms with Crippen molar-refractivity contribution in [3.05, 3.63) is 35.6 Å². The Bertz CT molecular complexity index is 985. The fourth-order valence-corrected chi connectivity index (χ4v) is 4.78. The third-order valence-electron chi connectivity index (χ3n) is 5.74. The van der Waals surface area contributed by atoms with Crippen molar-refractivity contribution in [2.24, 2.45) is 5.84 Å². The second-order valence-electron chi connectivity index (χ2n) is 8.36. The van der Waals surface area contributed by atoms with Gasteiger partial charge in [-0.2, -0.15) is 18.4 Å². The summed E-state index contributed by atoms with van der Waals surface area (Å²) in [4.78, 5) is 37.1. The van der Waals surface area contributed by atoms with Crippen LogP contribution in [0.15, 0.2) is 24.3 Å². The van der Waals surface area contributed by atoms with Crippen molar-refractivity contribution in [3.8, 4) is 6.07 Å². The highest BCUT2D eigenvalue weighted by Gasteiger charge is 2.38. The second-order valence-corrected chi connectivity index (χ2v) is 9.36. The number of benzene rings is 1. The van der Waals surface area contributed by atoms with Crippen LogP contribution in [0, 0.1) is 17.1 Å². The molecule has 2 amide bonds. The molecule has 0 aliphatic carbocycles. The fourth-order valence-electron chi connectivity index (χ4n) is 3.68. The minimum Gasteiger partial charge on any atom is -0.475 e. The summed E-state index contributed by atoms with van der Waals surface area (Å²) in [6.45, 7) is 1.89. The van der Waals surface area contributed by atoms with E-state index >= 15 is 0 Å². The van der Waals surface area contributed by atoms with Crippen LogP contribution in [0.1, 0.15) is 18.4 Å². The molecule has 204 valence electrons. The van der Waals surface area contributed by atoms with E-state index in [0.717, 1.165) is 12.8 Å². The number of hydrazine groups is 1. The molecule has 0 saturated carbocycles. The molecule has 0 unspecified atom stereocenters. The first kappa shape index (κ1) is 30.3. The van der Waals surface area contributed by atoms with Crippen molar-refractivity contribution in [1.29, 1.82) is 5.26 Å². The molecular weight excluding hydrogens is 520 g/mol. The number of hydrogen-bond acceptors (Lipinski definition) is 8. The number of carboxylic acids is 1. The maximum absolute atomic E-state index is 13.6. The molecule has 0 aromatic heterocycles. The SMILES string of the molecule is N#C[C@@H]1CSCN1C(=O)CN(N)C1CCN(CC(=O)NCc2ccccc2F)CC1.O=C(O)C(F)(F)F. The Morgan fingerprint density at radius 1 is 1.24 bits per heavy atom. The lowest BCUT2D eigenvalue weighted by molar-refractivity contribution is -0.192. The molecule has 2 fully saturated rings. The Morgan fingerprint density at radius 2 is 1.86 bits per heavy atom. The summed E-state index contributed by atoms with van der Waals surface area (Å²) < 4.78 is 45.4. The molecule has 4 N–H and O–H groups in total. The van der Waals surface area contributed by atoms with Gasteiger partial charge in [0.05, 0.1) is 25.0 Å². The summed E-state index contributed by atoms with van der Waals surface area (Å²) in [5.41, 5.74) is 0.461. The van der Waals surface area contributed by atoms with Crippen molar-refractivity contribution in [2.75, 3.05) is 37.8 Å². The number of alkyl halides is 3. The number of carbonyl (C=O) groups is 3. The summed E-state index contributed by atoms with van der Waals surface area (Å²) in [6, 6.07) is 8.22. The zero-order chi connectivity index (χ0) is 27.6. The molecule has 37 heavy (non-hydrogen) atoms. The molecule has 0 radical (unpaired) electrons. The van der Waals surface area contributed by atoms with Crippen LogP contribution < -0.4 is 11.2 Å². The number of likely N-dealkylation sites (tertiary alicyclic amines) is 1. The number of thioether (sulfide) groups is 1. The highest BCUT2D eigenvalue weighted by molar-refractivity contribution is 7.99. The Morgan fingerprint density at radius 3 is 2.43 bits per heavy atom. The first-order chi connectivity index (χ1) is 17.4. The fraction of sp³-hybridized carbons (Fsp3) is 0.545. The molecule has 10 nitrogen and oxygen atoms in total. The maximum atomic E-state index is 13.6. The molecule has 1 aromatic carbocycles. The largest absolute Gasteiger partial charge is 0.490 e. The number of aliphatic carboxylic acids is 1. The van der Waals surface area contributed by atoms with Crippen LogP contribution in [-0.4, -0.2) is 93.8 Å². The van der Waals surface area contributed by atoms with E-state index in [9.17, 15) is 27.2 Å². The molecule has 3 rings (SSSR count). The molecule has 0 bridgehead atoms. The smallest absolute Gasteiger partial charge is 0.475 e. The summed E-state index contributed by atoms with van der Waals surface area (Å²) in [7, 11) is 0. The number of rotatable bonds is 7. The van der Waals surface area contributed by atoms with Gasteiger partial charge in [-0.05, 0) is 18.9 Å². The molecular formula is C22H28F4N6O4S. The molecule has 1 aromatic rings. The number of nitrogens with two attached hydrogens (primary N) is 1. The van der Waals surface area contributed by atoms with E-state index in [2.05, 4.69) is 11.4 Å². The van der Waals surface area contributed by atoms with Gasteiger partial charge in [0.25, 0.3) is 0 Å². The van der Waals surface area contributed by atoms with Gasteiger partial charge < -0.3 is 15.3 Å². The third-order valence-corrected chi connectivity index (χ3v) is 6.75. The number of carboxylic acid groups (broad SMARTS) is 1. The number of nitrogens with one attached hydrogen (secondary N) is 1. The van der Waals surface area contributed by atoms with E-state index in [-0.39, 0.29) is 49.3 Å². The second kappa shape index (κ2) is 14.1. The van der Waals surface area contributed by atoms with Gasteiger partial charge in [0, 0.05) is 37.0 Å². The highest BCUT2D eigenvalue weighted by atomic mass is 32.2. The number of hydrogen-bond donors (Lipinski definition) is 3. The van der Waals surface area contributed by atoms with Gasteiger partial charge in [-0.1, -0.05) is 18.2 Å². The molecule has 2 saturated heterocycles. The minimum absolute atomic E-state index is 0.0578. The van der Waals surface area contributed by atoms with Gasteiger partial charge in [-0.15, -0.1) is 11.8 Å². The van der Waals surface area contributed by atoms with Crippen molar-refractivity contribution in [2.45, 2.75) is 37.6 Å². The van der Waals surface area contributed by atoms with Crippen LogP contribution in [0.25, 0.3) is 0 Å². The third kappa shape index (κ3) is 9.80. The predicted octanol–water partition coefficient (Wildman–Crippen LogP) is 1.14. The van der Waals surface area contributed by atoms with Gasteiger partial charge >= 0.3 is 12.1 Å². The van der Waals surface area contributed by atoms with E-state index in [1.54, 1.807) is 39.9 Å². The monoisotopic (exact) mass is 548 g/mol. The Balaban J connectivity index is 0.000000604. The lowest BCUT2D eigenvalue weighted by atomic mass is 10.0. The first-order valence-corrected chi connectivity index (χ1v) is 12.4. The molecule has 15 heteroatoms. The Kier molecular flexibility index (Phi) is 11.6. The van der Waals surface area contributed by atoms with Crippen LogP contribution in [0.4, 0.5) is 17.6 Å². The van der Waals surface area contributed by atoms with Crippen molar-refractivity contribution >= 4 is 29.5 Å². The number of halogens is 4. The Labute approximate surface area is 215 Å². The highest BCUT2D eigenvalue weighted by Crippen LogP contribution is 2.21. The van der Waals surface area contributed by atoms with Crippen molar-refractivity contribution in [1.82, 2.24) is 20.1 Å². The van der Waals surface area contributed by atoms with Crippen LogP contribution in [-0.2, 0) is 20.9 Å². The lowest BCUT2D eigenvalue weighted by Gasteiger charge is -2.36. The standard InChI is InChI=1S/C20H27FN6O2S.C2HF3O2/c21-18-4-2-1-3-15(18)10-24-19(28)11-25-7-5-16(6-8-25)27(23)12-20(29)26-14-30-13-17(26)9-22;3-2(4,5)1(6)7/h1-4,16-17H,5-8,10-14,23H2,(H,24,28);(H,6,7)/t17-;/m1./s1. The van der Waals surface area contributed by atoms with Gasteiger partial charge in [-0.3, -0.25) is 20.3 Å². The van der Waals surface area contributed by atoms with Crippen molar-refractivity contribution in [3.63, 3.8) is 0 Å². The number of amides is 2. The molecule has 2 aliphatic heterocycles. The number of nitriles is 1. The van der Waals surface area contributed by atoms with Gasteiger partial charge in [0.15, 0.2) is 0 Å². The summed E-state index contributed by atoms with van der Waals surface area (Å²) in [5, 5.41) is 20.6.